The Morgan fingerprint density at radius 2 is 1.67 bits per heavy atom. The number of Topliss-reactive ketones (excluding diaryl/α,β-unsaturated/α-hetero) is 1. The number of carbonyl (C=O) groups excluding carboxylic acids is 1. The molecule has 0 aliphatic rings. The summed E-state index contributed by atoms with van der Waals surface area (Å²) in [4.78, 5) is 22.8. The second-order valence-corrected chi connectivity index (χ2v) is 8.08. The van der Waals surface area contributed by atoms with E-state index in [1.54, 1.807) is 38.1 Å². The van der Waals surface area contributed by atoms with Crippen LogP contribution in [0.15, 0.2) is 47.4 Å². The third-order valence-electron chi connectivity index (χ3n) is 4.32. The zero-order chi connectivity index (χ0) is 22.3. The summed E-state index contributed by atoms with van der Waals surface area (Å²) in [6.45, 7) is 5.75. The maximum Gasteiger partial charge on any atom is 0.312 e. The highest BCUT2D eigenvalue weighted by atomic mass is 32.2. The Morgan fingerprint density at radius 1 is 1.03 bits per heavy atom. The van der Waals surface area contributed by atoms with E-state index >= 15 is 0 Å². The van der Waals surface area contributed by atoms with E-state index in [4.69, 9.17) is 9.47 Å². The summed E-state index contributed by atoms with van der Waals surface area (Å²) in [6, 6.07) is 9.81. The van der Waals surface area contributed by atoms with Crippen molar-refractivity contribution in [2.45, 2.75) is 25.7 Å². The molecule has 0 radical (unpaired) electrons. The SMILES string of the molecule is CCOc1ccc(C(=O)COc2ccc(S(=O)(=O)N(CC)CC)cc2[N+](=O)[O-])cc1. The number of carbonyl (C=O) groups is 1. The van der Waals surface area contributed by atoms with Gasteiger partial charge in [0.1, 0.15) is 5.75 Å². The summed E-state index contributed by atoms with van der Waals surface area (Å²) in [7, 11) is -3.86. The maximum absolute atomic E-state index is 12.6. The van der Waals surface area contributed by atoms with Crippen LogP contribution in [0.1, 0.15) is 31.1 Å². The number of rotatable bonds is 11. The zero-order valence-electron chi connectivity index (χ0n) is 17.0. The van der Waals surface area contributed by atoms with Gasteiger partial charge in [-0.2, -0.15) is 4.31 Å². The average Bonchev–Trinajstić information content (AvgIpc) is 2.73. The molecule has 0 saturated heterocycles. The zero-order valence-corrected chi connectivity index (χ0v) is 17.8. The standard InChI is InChI=1S/C20H24N2O7S/c1-4-21(5-2)30(26,27)17-11-12-20(18(13-17)22(24)25)29-14-19(23)15-7-9-16(10-8-15)28-6-3/h7-13H,4-6,14H2,1-3H3. The molecule has 2 aromatic carbocycles. The van der Waals surface area contributed by atoms with Gasteiger partial charge in [0, 0.05) is 24.7 Å². The van der Waals surface area contributed by atoms with Gasteiger partial charge in [-0.15, -0.1) is 0 Å². The first-order chi connectivity index (χ1) is 14.2. The molecular formula is C20H24N2O7S. The lowest BCUT2D eigenvalue weighted by Gasteiger charge is -2.18. The minimum atomic E-state index is -3.86. The van der Waals surface area contributed by atoms with Crippen LogP contribution in [0.5, 0.6) is 11.5 Å². The highest BCUT2D eigenvalue weighted by molar-refractivity contribution is 7.89. The fourth-order valence-electron chi connectivity index (χ4n) is 2.77. The topological polar surface area (TPSA) is 116 Å². The minimum absolute atomic E-state index is 0.183. The van der Waals surface area contributed by atoms with Crippen molar-refractivity contribution >= 4 is 21.5 Å². The predicted octanol–water partition coefficient (Wildman–Crippen LogP) is 3.29. The number of ether oxygens (including phenoxy) is 2. The van der Waals surface area contributed by atoms with Crippen molar-refractivity contribution in [2.75, 3.05) is 26.3 Å². The summed E-state index contributed by atoms with van der Waals surface area (Å²) >= 11 is 0. The highest BCUT2D eigenvalue weighted by Gasteiger charge is 2.26. The fraction of sp³-hybridized carbons (Fsp3) is 0.350. The van der Waals surface area contributed by atoms with Crippen LogP contribution in [0, 0.1) is 10.1 Å². The molecular weight excluding hydrogens is 412 g/mol. The lowest BCUT2D eigenvalue weighted by atomic mass is 10.1. The van der Waals surface area contributed by atoms with Crippen molar-refractivity contribution < 1.29 is 27.6 Å². The quantitative estimate of drug-likeness (QED) is 0.301. The molecule has 2 aromatic rings. The lowest BCUT2D eigenvalue weighted by Crippen LogP contribution is -2.30. The van der Waals surface area contributed by atoms with Crippen LogP contribution in [0.3, 0.4) is 0 Å². The molecule has 162 valence electrons. The van der Waals surface area contributed by atoms with E-state index in [-0.39, 0.29) is 29.5 Å². The first kappa shape index (κ1) is 23.3. The van der Waals surface area contributed by atoms with Crippen molar-refractivity contribution in [1.82, 2.24) is 4.31 Å². The van der Waals surface area contributed by atoms with Crippen LogP contribution in [0.4, 0.5) is 5.69 Å². The van der Waals surface area contributed by atoms with Crippen LogP contribution in [-0.2, 0) is 10.0 Å². The summed E-state index contributed by atoms with van der Waals surface area (Å²) < 4.78 is 37.1. The van der Waals surface area contributed by atoms with E-state index in [2.05, 4.69) is 0 Å². The van der Waals surface area contributed by atoms with Crippen LogP contribution >= 0.6 is 0 Å². The van der Waals surface area contributed by atoms with Gasteiger partial charge in [0.15, 0.2) is 18.1 Å². The summed E-state index contributed by atoms with van der Waals surface area (Å²) in [5.41, 5.74) is -0.162. The molecule has 0 atom stereocenters. The van der Waals surface area contributed by atoms with E-state index in [1.807, 2.05) is 6.92 Å². The normalized spacial score (nSPS) is 11.3. The highest BCUT2D eigenvalue weighted by Crippen LogP contribution is 2.31. The first-order valence-corrected chi connectivity index (χ1v) is 10.9. The lowest BCUT2D eigenvalue weighted by molar-refractivity contribution is -0.386. The van der Waals surface area contributed by atoms with Crippen molar-refractivity contribution in [1.29, 1.82) is 0 Å². The monoisotopic (exact) mass is 436 g/mol. The summed E-state index contributed by atoms with van der Waals surface area (Å²) in [6.07, 6.45) is 0. The van der Waals surface area contributed by atoms with Crippen LogP contribution in [-0.4, -0.2) is 49.7 Å². The second-order valence-electron chi connectivity index (χ2n) is 6.15. The van der Waals surface area contributed by atoms with Gasteiger partial charge in [0.2, 0.25) is 10.0 Å². The molecule has 0 spiro atoms. The molecule has 0 saturated carbocycles. The van der Waals surface area contributed by atoms with E-state index < -0.39 is 27.2 Å². The van der Waals surface area contributed by atoms with Crippen LogP contribution in [0.2, 0.25) is 0 Å². The van der Waals surface area contributed by atoms with Crippen molar-refractivity contribution in [3.05, 3.63) is 58.1 Å². The Labute approximate surface area is 175 Å². The third kappa shape index (κ3) is 5.33. The Kier molecular flexibility index (Phi) is 7.90. The molecule has 0 amide bonds. The molecule has 0 fully saturated rings. The van der Waals surface area contributed by atoms with Crippen molar-refractivity contribution in [3.63, 3.8) is 0 Å². The fourth-order valence-corrected chi connectivity index (χ4v) is 4.24. The number of benzene rings is 2. The average molecular weight is 436 g/mol. The predicted molar refractivity (Wildman–Crippen MR) is 111 cm³/mol. The Hall–Kier alpha value is -2.98. The van der Waals surface area contributed by atoms with Gasteiger partial charge in [0.25, 0.3) is 0 Å². The summed E-state index contributed by atoms with van der Waals surface area (Å²) in [5.74, 6) is 0.0561. The maximum atomic E-state index is 12.6. The molecule has 0 N–H and O–H groups in total. The molecule has 0 aromatic heterocycles. The van der Waals surface area contributed by atoms with E-state index in [0.717, 1.165) is 6.07 Å². The van der Waals surface area contributed by atoms with Gasteiger partial charge in [0.05, 0.1) is 16.4 Å². The number of nitro benzene ring substituents is 1. The molecule has 0 aliphatic heterocycles. The number of ketones is 1. The number of nitro groups is 1. The van der Waals surface area contributed by atoms with Gasteiger partial charge in [-0.1, -0.05) is 13.8 Å². The smallest absolute Gasteiger partial charge is 0.312 e. The second kappa shape index (κ2) is 10.2. The Balaban J connectivity index is 2.21. The number of nitrogens with zero attached hydrogens (tertiary/aromatic N) is 2. The van der Waals surface area contributed by atoms with Crippen molar-refractivity contribution in [2.24, 2.45) is 0 Å². The number of sulfonamides is 1. The van der Waals surface area contributed by atoms with Gasteiger partial charge in [-0.3, -0.25) is 14.9 Å². The van der Waals surface area contributed by atoms with Crippen molar-refractivity contribution in [3.8, 4) is 11.5 Å². The number of hydrogen-bond acceptors (Lipinski definition) is 7. The minimum Gasteiger partial charge on any atom is -0.494 e. The Morgan fingerprint density at radius 3 is 2.20 bits per heavy atom. The van der Waals surface area contributed by atoms with Gasteiger partial charge in [-0.05, 0) is 43.3 Å². The molecule has 0 bridgehead atoms. The van der Waals surface area contributed by atoms with Crippen LogP contribution < -0.4 is 9.47 Å². The third-order valence-corrected chi connectivity index (χ3v) is 6.36. The van der Waals surface area contributed by atoms with E-state index in [0.29, 0.717) is 17.9 Å². The molecule has 9 nitrogen and oxygen atoms in total. The molecule has 0 heterocycles. The van der Waals surface area contributed by atoms with Gasteiger partial charge >= 0.3 is 5.69 Å². The van der Waals surface area contributed by atoms with Gasteiger partial charge < -0.3 is 9.47 Å². The van der Waals surface area contributed by atoms with E-state index in [9.17, 15) is 23.3 Å². The number of hydrogen-bond donors (Lipinski definition) is 0. The molecule has 2 rings (SSSR count). The van der Waals surface area contributed by atoms with Gasteiger partial charge in [-0.25, -0.2) is 8.42 Å². The Bertz CT molecular complexity index is 1000. The first-order valence-electron chi connectivity index (χ1n) is 9.42. The largest absolute Gasteiger partial charge is 0.494 e. The molecule has 0 aliphatic carbocycles. The van der Waals surface area contributed by atoms with E-state index in [1.165, 1.54) is 16.4 Å². The molecule has 30 heavy (non-hydrogen) atoms. The molecule has 10 heteroatoms. The van der Waals surface area contributed by atoms with Crippen LogP contribution in [0.25, 0.3) is 0 Å². The summed E-state index contributed by atoms with van der Waals surface area (Å²) in [5, 5.41) is 11.4. The molecule has 0 unspecified atom stereocenters.